The van der Waals surface area contributed by atoms with Crippen LogP contribution in [0.2, 0.25) is 5.02 Å². The second kappa shape index (κ2) is 9.93. The predicted octanol–water partition coefficient (Wildman–Crippen LogP) is 7.05. The van der Waals surface area contributed by atoms with Crippen molar-refractivity contribution in [2.75, 3.05) is 17.8 Å². The van der Waals surface area contributed by atoms with Crippen molar-refractivity contribution < 1.29 is 13.2 Å². The Balaban J connectivity index is 1.64. The molecule has 3 heterocycles. The molecule has 0 spiro atoms. The van der Waals surface area contributed by atoms with Crippen molar-refractivity contribution >= 4 is 29.4 Å². The molecule has 2 aromatic carbocycles. The molecule has 0 amide bonds. The molecule has 4 aromatic rings. The Morgan fingerprint density at radius 3 is 2.34 bits per heavy atom. The lowest BCUT2D eigenvalue weighted by molar-refractivity contribution is 0.558. The zero-order valence-corrected chi connectivity index (χ0v) is 20.3. The van der Waals surface area contributed by atoms with Crippen LogP contribution in [0.15, 0.2) is 55.0 Å². The van der Waals surface area contributed by atoms with Gasteiger partial charge in [-0.3, -0.25) is 4.98 Å². The second-order valence-corrected chi connectivity index (χ2v) is 9.63. The molecule has 1 aliphatic heterocycles. The smallest absolute Gasteiger partial charge is 0.155 e. The molecule has 1 N–H and O–H groups in total. The Bertz CT molecular complexity index is 1350. The van der Waals surface area contributed by atoms with E-state index in [0.717, 1.165) is 30.6 Å². The Hall–Kier alpha value is -3.01. The van der Waals surface area contributed by atoms with Crippen molar-refractivity contribution in [3.8, 4) is 28.1 Å². The van der Waals surface area contributed by atoms with Gasteiger partial charge in [-0.25, -0.2) is 22.2 Å². The summed E-state index contributed by atoms with van der Waals surface area (Å²) in [4.78, 5) is 4.02. The molecule has 0 unspecified atom stereocenters. The van der Waals surface area contributed by atoms with Gasteiger partial charge in [0.2, 0.25) is 0 Å². The number of benzene rings is 2. The molecule has 0 saturated carbocycles. The van der Waals surface area contributed by atoms with Crippen LogP contribution in [-0.2, 0) is 0 Å². The predicted molar refractivity (Wildman–Crippen MR) is 134 cm³/mol. The Kier molecular flexibility index (Phi) is 6.73. The third-order valence-corrected chi connectivity index (χ3v) is 6.89. The van der Waals surface area contributed by atoms with Crippen LogP contribution in [0.25, 0.3) is 28.1 Å². The summed E-state index contributed by atoms with van der Waals surface area (Å²) in [5, 5.41) is 4.77. The van der Waals surface area contributed by atoms with E-state index in [-0.39, 0.29) is 16.9 Å². The topological polar surface area (TPSA) is 46.0 Å². The number of rotatable bonds is 6. The fourth-order valence-corrected chi connectivity index (χ4v) is 5.11. The van der Waals surface area contributed by atoms with Gasteiger partial charge in [0.1, 0.15) is 11.4 Å². The molecule has 10 heteroatoms. The molecule has 35 heavy (non-hydrogen) atoms. The SMILES string of the molecule is Cc1cc(F)c(-n2cc(-c3cc(Cl)cc(NSN4CCCC4)c3F)c(-c3ccncc3)n2)c(F)c1. The average molecular weight is 516 g/mol. The van der Waals surface area contributed by atoms with Gasteiger partial charge in [0.15, 0.2) is 17.5 Å². The van der Waals surface area contributed by atoms with Gasteiger partial charge in [-0.2, -0.15) is 5.10 Å². The van der Waals surface area contributed by atoms with E-state index in [1.165, 1.54) is 42.6 Å². The van der Waals surface area contributed by atoms with Crippen LogP contribution in [-0.4, -0.2) is 32.2 Å². The quantitative estimate of drug-likeness (QED) is 0.279. The number of aryl methyl sites for hydroxylation is 1. The fourth-order valence-electron chi connectivity index (χ4n) is 4.07. The van der Waals surface area contributed by atoms with Gasteiger partial charge < -0.3 is 4.72 Å². The normalized spacial score (nSPS) is 14.0. The molecule has 0 atom stereocenters. The van der Waals surface area contributed by atoms with Crippen molar-refractivity contribution in [1.82, 2.24) is 19.1 Å². The summed E-state index contributed by atoms with van der Waals surface area (Å²) in [5.41, 5.74) is 1.76. The summed E-state index contributed by atoms with van der Waals surface area (Å²) in [7, 11) is 0. The van der Waals surface area contributed by atoms with Gasteiger partial charge in [0, 0.05) is 65.5 Å². The van der Waals surface area contributed by atoms with Crippen molar-refractivity contribution in [3.63, 3.8) is 0 Å². The number of aromatic nitrogens is 3. The molecule has 0 bridgehead atoms. The van der Waals surface area contributed by atoms with E-state index in [9.17, 15) is 8.78 Å². The van der Waals surface area contributed by atoms with E-state index in [4.69, 9.17) is 11.6 Å². The third-order valence-electron chi connectivity index (χ3n) is 5.74. The highest BCUT2D eigenvalue weighted by Crippen LogP contribution is 2.39. The Morgan fingerprint density at radius 2 is 1.66 bits per heavy atom. The van der Waals surface area contributed by atoms with Crippen LogP contribution in [0, 0.1) is 24.4 Å². The monoisotopic (exact) mass is 515 g/mol. The second-order valence-electron chi connectivity index (χ2n) is 8.29. The van der Waals surface area contributed by atoms with Gasteiger partial charge in [-0.15, -0.1) is 0 Å². The highest BCUT2D eigenvalue weighted by molar-refractivity contribution is 7.98. The minimum atomic E-state index is -0.770. The number of anilines is 1. The first-order valence-electron chi connectivity index (χ1n) is 11.0. The first-order chi connectivity index (χ1) is 16.9. The van der Waals surface area contributed by atoms with Gasteiger partial charge in [-0.1, -0.05) is 11.6 Å². The van der Waals surface area contributed by atoms with Crippen LogP contribution in [0.4, 0.5) is 18.9 Å². The summed E-state index contributed by atoms with van der Waals surface area (Å²) in [5.74, 6) is -2.08. The third kappa shape index (κ3) is 4.89. The summed E-state index contributed by atoms with van der Waals surface area (Å²) in [6.07, 6.45) is 6.74. The van der Waals surface area contributed by atoms with Gasteiger partial charge >= 0.3 is 0 Å². The van der Waals surface area contributed by atoms with Crippen molar-refractivity contribution in [2.45, 2.75) is 19.8 Å². The van der Waals surface area contributed by atoms with Crippen molar-refractivity contribution in [1.29, 1.82) is 0 Å². The molecule has 2 aromatic heterocycles. The molecule has 180 valence electrons. The lowest BCUT2D eigenvalue weighted by atomic mass is 10.0. The van der Waals surface area contributed by atoms with Crippen LogP contribution in [0.3, 0.4) is 0 Å². The molecule has 5 rings (SSSR count). The lowest BCUT2D eigenvalue weighted by Crippen LogP contribution is -2.12. The Labute approximate surface area is 210 Å². The molecular formula is C25H21ClF3N5S. The maximum atomic E-state index is 15.8. The van der Waals surface area contributed by atoms with E-state index in [0.29, 0.717) is 27.4 Å². The first-order valence-corrected chi connectivity index (χ1v) is 12.2. The van der Waals surface area contributed by atoms with Crippen molar-refractivity contribution in [2.24, 2.45) is 0 Å². The van der Waals surface area contributed by atoms with Crippen LogP contribution in [0.5, 0.6) is 0 Å². The molecule has 1 fully saturated rings. The van der Waals surface area contributed by atoms with Gasteiger partial charge in [0.05, 0.1) is 5.69 Å². The summed E-state index contributed by atoms with van der Waals surface area (Å²) >= 11 is 7.70. The van der Waals surface area contributed by atoms with Crippen LogP contribution >= 0.6 is 23.7 Å². The summed E-state index contributed by atoms with van der Waals surface area (Å²) in [6.45, 7) is 3.43. The maximum absolute atomic E-state index is 15.8. The largest absolute Gasteiger partial charge is 0.314 e. The highest BCUT2D eigenvalue weighted by atomic mass is 35.5. The number of nitrogens with zero attached hydrogens (tertiary/aromatic N) is 4. The maximum Gasteiger partial charge on any atom is 0.155 e. The Morgan fingerprint density at radius 1 is 0.971 bits per heavy atom. The highest BCUT2D eigenvalue weighted by Gasteiger charge is 2.23. The number of hydrogen-bond acceptors (Lipinski definition) is 5. The van der Waals surface area contributed by atoms with E-state index < -0.39 is 17.5 Å². The molecule has 1 saturated heterocycles. The summed E-state index contributed by atoms with van der Waals surface area (Å²) in [6, 6.07) is 8.84. The van der Waals surface area contributed by atoms with Crippen molar-refractivity contribution in [3.05, 3.63) is 83.0 Å². The van der Waals surface area contributed by atoms with Crippen LogP contribution in [0.1, 0.15) is 18.4 Å². The average Bonchev–Trinajstić information content (AvgIpc) is 3.50. The van der Waals surface area contributed by atoms with Crippen LogP contribution < -0.4 is 4.72 Å². The van der Waals surface area contributed by atoms with E-state index in [2.05, 4.69) is 19.1 Å². The molecule has 0 radical (unpaired) electrons. The lowest BCUT2D eigenvalue weighted by Gasteiger charge is -2.16. The first kappa shape index (κ1) is 23.7. The van der Waals surface area contributed by atoms with E-state index in [1.54, 1.807) is 31.5 Å². The standard InChI is InChI=1S/C25H21ClF3N5S/c1-15-10-20(27)25(21(28)11-15)34-14-19(24(31-34)16-4-6-30-7-5-16)18-12-17(26)13-22(23(18)29)32-35-33-8-2-3-9-33/h4-7,10-14,32H,2-3,8-9H2,1H3. The summed E-state index contributed by atoms with van der Waals surface area (Å²) < 4.78 is 51.6. The van der Waals surface area contributed by atoms with Gasteiger partial charge in [-0.05, 0) is 61.7 Å². The zero-order chi connectivity index (χ0) is 24.5. The number of halogens is 4. The minimum absolute atomic E-state index is 0.160. The number of nitrogens with one attached hydrogen (secondary N) is 1. The molecular weight excluding hydrogens is 495 g/mol. The number of hydrogen-bond donors (Lipinski definition) is 1. The van der Waals surface area contributed by atoms with E-state index in [1.807, 2.05) is 0 Å². The van der Waals surface area contributed by atoms with E-state index >= 15 is 4.39 Å². The minimum Gasteiger partial charge on any atom is -0.314 e. The molecule has 1 aliphatic rings. The van der Waals surface area contributed by atoms with Gasteiger partial charge in [0.25, 0.3) is 0 Å². The fraction of sp³-hybridized carbons (Fsp3) is 0.200. The number of pyridine rings is 1. The zero-order valence-electron chi connectivity index (χ0n) is 18.7. The molecule has 5 nitrogen and oxygen atoms in total. The molecule has 0 aliphatic carbocycles.